The SMILES string of the molecule is Brc1ccc(-c2cc(-c3ccc(C45CC6CC(CC(C6)C4)C5)cc3)nc(-c3ccccc3)n2)cc1. The van der Waals surface area contributed by atoms with E-state index in [4.69, 9.17) is 9.97 Å². The zero-order valence-electron chi connectivity index (χ0n) is 19.8. The third kappa shape index (κ3) is 3.94. The first kappa shape index (κ1) is 21.5. The standard InChI is InChI=1S/C32H29BrN2/c33-28-12-8-25(9-13-28)30-17-29(34-31(35-30)26-4-2-1-3-5-26)24-6-10-27(11-7-24)32-18-21-14-22(19-32)16-23(15-21)20-32/h1-13,17,21-23H,14-16,18-20H2. The van der Waals surface area contributed by atoms with Crippen molar-refractivity contribution in [3.05, 3.63) is 95.0 Å². The molecule has 0 saturated heterocycles. The molecule has 0 unspecified atom stereocenters. The highest BCUT2D eigenvalue weighted by atomic mass is 79.9. The van der Waals surface area contributed by atoms with Crippen molar-refractivity contribution in [2.24, 2.45) is 17.8 Å². The molecule has 0 atom stereocenters. The molecule has 4 saturated carbocycles. The molecule has 2 nitrogen and oxygen atoms in total. The van der Waals surface area contributed by atoms with Gasteiger partial charge in [0.2, 0.25) is 0 Å². The largest absolute Gasteiger partial charge is 0.228 e. The van der Waals surface area contributed by atoms with E-state index in [1.807, 2.05) is 18.2 Å². The third-order valence-electron chi connectivity index (χ3n) is 8.73. The van der Waals surface area contributed by atoms with Crippen molar-refractivity contribution in [3.63, 3.8) is 0 Å². The maximum atomic E-state index is 5.02. The summed E-state index contributed by atoms with van der Waals surface area (Å²) in [6.07, 6.45) is 8.66. The predicted octanol–water partition coefficient (Wildman–Crippen LogP) is 8.71. The summed E-state index contributed by atoms with van der Waals surface area (Å²) in [4.78, 5) is 9.97. The molecule has 4 aliphatic carbocycles. The van der Waals surface area contributed by atoms with Gasteiger partial charge in [-0.05, 0) is 85.5 Å². The average molecular weight is 522 g/mol. The number of halogens is 1. The van der Waals surface area contributed by atoms with Gasteiger partial charge in [0.25, 0.3) is 0 Å². The minimum Gasteiger partial charge on any atom is -0.228 e. The van der Waals surface area contributed by atoms with Crippen molar-refractivity contribution < 1.29 is 0 Å². The molecule has 0 amide bonds. The summed E-state index contributed by atoms with van der Waals surface area (Å²) in [5, 5.41) is 0. The fourth-order valence-electron chi connectivity index (χ4n) is 7.54. The monoisotopic (exact) mass is 520 g/mol. The zero-order valence-corrected chi connectivity index (χ0v) is 21.4. The van der Waals surface area contributed by atoms with Gasteiger partial charge < -0.3 is 0 Å². The van der Waals surface area contributed by atoms with Gasteiger partial charge in [0, 0.05) is 21.2 Å². The molecule has 3 heteroatoms. The van der Waals surface area contributed by atoms with E-state index in [9.17, 15) is 0 Å². The second kappa shape index (κ2) is 8.41. The lowest BCUT2D eigenvalue weighted by Gasteiger charge is -2.57. The Hall–Kier alpha value is -2.78. The van der Waals surface area contributed by atoms with Gasteiger partial charge in [-0.15, -0.1) is 0 Å². The van der Waals surface area contributed by atoms with Gasteiger partial charge in [0.1, 0.15) is 0 Å². The first-order chi connectivity index (χ1) is 17.1. The van der Waals surface area contributed by atoms with Crippen LogP contribution >= 0.6 is 15.9 Å². The number of benzene rings is 3. The van der Waals surface area contributed by atoms with Crippen LogP contribution in [0.1, 0.15) is 44.1 Å². The first-order valence-electron chi connectivity index (χ1n) is 12.9. The van der Waals surface area contributed by atoms with Crippen LogP contribution in [0, 0.1) is 17.8 Å². The van der Waals surface area contributed by atoms with Gasteiger partial charge in [-0.25, -0.2) is 9.97 Å². The summed E-state index contributed by atoms with van der Waals surface area (Å²) >= 11 is 3.55. The Morgan fingerprint density at radius 2 is 1.11 bits per heavy atom. The van der Waals surface area contributed by atoms with E-state index in [-0.39, 0.29) is 0 Å². The molecule has 35 heavy (non-hydrogen) atoms. The van der Waals surface area contributed by atoms with Gasteiger partial charge in [-0.1, -0.05) is 82.7 Å². The first-order valence-corrected chi connectivity index (χ1v) is 13.7. The van der Waals surface area contributed by atoms with Crippen LogP contribution < -0.4 is 0 Å². The second-order valence-corrected chi connectivity index (χ2v) is 12.0. The maximum absolute atomic E-state index is 5.02. The molecule has 4 aliphatic rings. The molecular weight excluding hydrogens is 492 g/mol. The topological polar surface area (TPSA) is 25.8 Å². The smallest absolute Gasteiger partial charge is 0.160 e. The Morgan fingerprint density at radius 1 is 0.600 bits per heavy atom. The molecule has 0 spiro atoms. The van der Waals surface area contributed by atoms with Crippen molar-refractivity contribution in [3.8, 4) is 33.9 Å². The summed E-state index contributed by atoms with van der Waals surface area (Å²) in [5.74, 6) is 3.66. The summed E-state index contributed by atoms with van der Waals surface area (Å²) in [6, 6.07) is 30.2. The molecule has 4 bridgehead atoms. The Bertz CT molecular complexity index is 1320. The van der Waals surface area contributed by atoms with Crippen molar-refractivity contribution in [1.82, 2.24) is 9.97 Å². The van der Waals surface area contributed by atoms with Gasteiger partial charge in [0.15, 0.2) is 5.82 Å². The average Bonchev–Trinajstić information content (AvgIpc) is 2.89. The molecule has 174 valence electrons. The van der Waals surface area contributed by atoms with Crippen molar-refractivity contribution >= 4 is 15.9 Å². The van der Waals surface area contributed by atoms with E-state index >= 15 is 0 Å². The van der Waals surface area contributed by atoms with E-state index in [2.05, 4.69) is 82.7 Å². The van der Waals surface area contributed by atoms with Crippen LogP contribution in [0.4, 0.5) is 0 Å². The maximum Gasteiger partial charge on any atom is 0.160 e. The number of nitrogens with zero attached hydrogens (tertiary/aromatic N) is 2. The lowest BCUT2D eigenvalue weighted by atomic mass is 9.48. The molecule has 0 radical (unpaired) electrons. The molecule has 0 N–H and O–H groups in total. The Balaban J connectivity index is 1.28. The lowest BCUT2D eigenvalue weighted by Crippen LogP contribution is -2.48. The van der Waals surface area contributed by atoms with Crippen LogP contribution in [0.25, 0.3) is 33.9 Å². The van der Waals surface area contributed by atoms with Gasteiger partial charge in [-0.3, -0.25) is 0 Å². The highest BCUT2D eigenvalue weighted by Gasteiger charge is 2.51. The number of aromatic nitrogens is 2. The van der Waals surface area contributed by atoms with Crippen molar-refractivity contribution in [2.45, 2.75) is 43.9 Å². The Labute approximate surface area is 216 Å². The van der Waals surface area contributed by atoms with E-state index in [0.29, 0.717) is 5.41 Å². The molecule has 1 aromatic heterocycles. The molecule has 4 aromatic rings. The van der Waals surface area contributed by atoms with Crippen LogP contribution in [0.5, 0.6) is 0 Å². The van der Waals surface area contributed by atoms with E-state index in [1.54, 1.807) is 5.56 Å². The van der Waals surface area contributed by atoms with Gasteiger partial charge in [0.05, 0.1) is 11.4 Å². The molecule has 1 heterocycles. The third-order valence-corrected chi connectivity index (χ3v) is 9.26. The highest BCUT2D eigenvalue weighted by Crippen LogP contribution is 2.60. The fraction of sp³-hybridized carbons (Fsp3) is 0.312. The number of rotatable bonds is 4. The molecule has 4 fully saturated rings. The molecule has 8 rings (SSSR count). The highest BCUT2D eigenvalue weighted by molar-refractivity contribution is 9.10. The summed E-state index contributed by atoms with van der Waals surface area (Å²) in [5.41, 5.74) is 7.22. The minimum absolute atomic E-state index is 0.427. The van der Waals surface area contributed by atoms with E-state index < -0.39 is 0 Å². The molecular formula is C32H29BrN2. The number of hydrogen-bond donors (Lipinski definition) is 0. The predicted molar refractivity (Wildman–Crippen MR) is 146 cm³/mol. The van der Waals surface area contributed by atoms with E-state index in [0.717, 1.165) is 56.1 Å². The van der Waals surface area contributed by atoms with Crippen molar-refractivity contribution in [2.75, 3.05) is 0 Å². The van der Waals surface area contributed by atoms with Crippen LogP contribution in [0.2, 0.25) is 0 Å². The quantitative estimate of drug-likeness (QED) is 0.268. The van der Waals surface area contributed by atoms with Crippen LogP contribution in [0.3, 0.4) is 0 Å². The van der Waals surface area contributed by atoms with Gasteiger partial charge >= 0.3 is 0 Å². The summed E-state index contributed by atoms with van der Waals surface area (Å²) in [7, 11) is 0. The molecule has 0 aliphatic heterocycles. The second-order valence-electron chi connectivity index (χ2n) is 11.1. The fourth-order valence-corrected chi connectivity index (χ4v) is 7.80. The Kier molecular flexibility index (Phi) is 5.17. The van der Waals surface area contributed by atoms with Crippen LogP contribution in [-0.4, -0.2) is 9.97 Å². The lowest BCUT2D eigenvalue weighted by molar-refractivity contribution is -0.00518. The zero-order chi connectivity index (χ0) is 23.4. The van der Waals surface area contributed by atoms with Crippen molar-refractivity contribution in [1.29, 1.82) is 0 Å². The summed E-state index contributed by atoms with van der Waals surface area (Å²) < 4.78 is 1.07. The molecule has 3 aromatic carbocycles. The van der Waals surface area contributed by atoms with Crippen LogP contribution in [0.15, 0.2) is 89.4 Å². The van der Waals surface area contributed by atoms with Crippen LogP contribution in [-0.2, 0) is 5.41 Å². The number of hydrogen-bond acceptors (Lipinski definition) is 2. The van der Waals surface area contributed by atoms with E-state index in [1.165, 1.54) is 38.5 Å². The minimum atomic E-state index is 0.427. The normalized spacial score (nSPS) is 26.7. The summed E-state index contributed by atoms with van der Waals surface area (Å²) in [6.45, 7) is 0. The Morgan fingerprint density at radius 3 is 1.66 bits per heavy atom. The van der Waals surface area contributed by atoms with Gasteiger partial charge in [-0.2, -0.15) is 0 Å².